The zero-order chi connectivity index (χ0) is 18.4. The lowest BCUT2D eigenvalue weighted by Gasteiger charge is -2.21. The van der Waals surface area contributed by atoms with Crippen molar-refractivity contribution in [2.75, 3.05) is 17.1 Å². The lowest BCUT2D eigenvalue weighted by molar-refractivity contribution is -0.119. The smallest absolute Gasteiger partial charge is 0.260 e. The number of carbonyl (C=O) groups excluding carboxylic acids is 1. The Morgan fingerprint density at radius 3 is 2.28 bits per heavy atom. The SMILES string of the molecule is C/C(=N/NC(=O)CN(c1ccc(F)cc1)S(C)(=O)=O)c1ccccc1. The summed E-state index contributed by atoms with van der Waals surface area (Å²) in [6, 6.07) is 14.1. The second kappa shape index (κ2) is 7.89. The van der Waals surface area contributed by atoms with Crippen LogP contribution in [0.5, 0.6) is 0 Å². The average Bonchev–Trinajstić information content (AvgIpc) is 2.58. The van der Waals surface area contributed by atoms with Gasteiger partial charge in [-0.15, -0.1) is 0 Å². The molecule has 2 rings (SSSR count). The Morgan fingerprint density at radius 2 is 1.72 bits per heavy atom. The number of nitrogens with zero attached hydrogens (tertiary/aromatic N) is 2. The Bertz CT molecular complexity index is 866. The van der Waals surface area contributed by atoms with Crippen molar-refractivity contribution in [1.82, 2.24) is 5.43 Å². The van der Waals surface area contributed by atoms with Gasteiger partial charge in [-0.25, -0.2) is 18.2 Å². The number of anilines is 1. The molecule has 6 nitrogen and oxygen atoms in total. The van der Waals surface area contributed by atoms with E-state index in [1.165, 1.54) is 12.1 Å². The van der Waals surface area contributed by atoms with Gasteiger partial charge < -0.3 is 0 Å². The van der Waals surface area contributed by atoms with Crippen LogP contribution in [0.3, 0.4) is 0 Å². The number of sulfonamides is 1. The third kappa shape index (κ3) is 5.39. The van der Waals surface area contributed by atoms with Gasteiger partial charge in [-0.2, -0.15) is 5.10 Å². The first-order valence-corrected chi connectivity index (χ1v) is 9.24. The molecule has 0 saturated carbocycles. The molecule has 0 heterocycles. The van der Waals surface area contributed by atoms with E-state index in [2.05, 4.69) is 10.5 Å². The molecule has 0 atom stereocenters. The number of carbonyl (C=O) groups is 1. The van der Waals surface area contributed by atoms with Crippen molar-refractivity contribution in [3.8, 4) is 0 Å². The quantitative estimate of drug-likeness (QED) is 0.631. The Kier molecular flexibility index (Phi) is 5.87. The van der Waals surface area contributed by atoms with Crippen molar-refractivity contribution >= 4 is 27.3 Å². The molecule has 0 aliphatic carbocycles. The van der Waals surface area contributed by atoms with Crippen LogP contribution in [0.4, 0.5) is 10.1 Å². The fourth-order valence-corrected chi connectivity index (χ4v) is 2.92. The molecule has 0 unspecified atom stereocenters. The van der Waals surface area contributed by atoms with Gasteiger partial charge in [0.15, 0.2) is 0 Å². The van der Waals surface area contributed by atoms with Crippen molar-refractivity contribution < 1.29 is 17.6 Å². The van der Waals surface area contributed by atoms with Crippen LogP contribution in [-0.2, 0) is 14.8 Å². The van der Waals surface area contributed by atoms with Gasteiger partial charge in [-0.3, -0.25) is 9.10 Å². The molecule has 0 saturated heterocycles. The highest BCUT2D eigenvalue weighted by Crippen LogP contribution is 2.17. The summed E-state index contributed by atoms with van der Waals surface area (Å²) in [6.45, 7) is 1.26. The van der Waals surface area contributed by atoms with Crippen molar-refractivity contribution in [2.24, 2.45) is 5.10 Å². The van der Waals surface area contributed by atoms with Crippen LogP contribution in [0, 0.1) is 5.82 Å². The van der Waals surface area contributed by atoms with Gasteiger partial charge in [-0.05, 0) is 36.8 Å². The molecule has 0 spiro atoms. The predicted octanol–water partition coefficient (Wildman–Crippen LogP) is 2.13. The van der Waals surface area contributed by atoms with E-state index in [-0.39, 0.29) is 5.69 Å². The molecule has 8 heteroatoms. The first-order valence-electron chi connectivity index (χ1n) is 7.39. The van der Waals surface area contributed by atoms with Gasteiger partial charge in [0.05, 0.1) is 17.7 Å². The average molecular weight is 363 g/mol. The molecular formula is C17H18FN3O3S. The molecule has 0 aromatic heterocycles. The van der Waals surface area contributed by atoms with Crippen molar-refractivity contribution in [2.45, 2.75) is 6.92 Å². The number of nitrogens with one attached hydrogen (secondary N) is 1. The van der Waals surface area contributed by atoms with E-state index in [0.717, 1.165) is 28.3 Å². The molecule has 1 N–H and O–H groups in total. The van der Waals surface area contributed by atoms with Crippen LogP contribution in [0.25, 0.3) is 0 Å². The van der Waals surface area contributed by atoms with Gasteiger partial charge in [-0.1, -0.05) is 30.3 Å². The van der Waals surface area contributed by atoms with Crippen molar-refractivity contribution in [3.63, 3.8) is 0 Å². The van der Waals surface area contributed by atoms with Crippen molar-refractivity contribution in [1.29, 1.82) is 0 Å². The van der Waals surface area contributed by atoms with Gasteiger partial charge in [0.2, 0.25) is 10.0 Å². The summed E-state index contributed by atoms with van der Waals surface area (Å²) >= 11 is 0. The first-order chi connectivity index (χ1) is 11.8. The predicted molar refractivity (Wildman–Crippen MR) is 95.4 cm³/mol. The number of rotatable bonds is 6. The molecule has 1 amide bonds. The summed E-state index contributed by atoms with van der Waals surface area (Å²) in [6.07, 6.45) is 0.974. The van der Waals surface area contributed by atoms with E-state index in [4.69, 9.17) is 0 Å². The summed E-state index contributed by atoms with van der Waals surface area (Å²) < 4.78 is 37.8. The van der Waals surface area contributed by atoms with E-state index in [1.807, 2.05) is 30.3 Å². The van der Waals surface area contributed by atoms with Crippen LogP contribution in [-0.4, -0.2) is 32.8 Å². The minimum Gasteiger partial charge on any atom is -0.271 e. The second-order valence-corrected chi connectivity index (χ2v) is 7.25. The number of hydrogen-bond donors (Lipinski definition) is 1. The molecule has 0 aliphatic rings. The van der Waals surface area contributed by atoms with Crippen LogP contribution in [0.1, 0.15) is 12.5 Å². The fraction of sp³-hybridized carbons (Fsp3) is 0.176. The van der Waals surface area contributed by atoms with Crippen LogP contribution >= 0.6 is 0 Å². The zero-order valence-electron chi connectivity index (χ0n) is 13.8. The highest BCUT2D eigenvalue weighted by Gasteiger charge is 2.20. The monoisotopic (exact) mass is 363 g/mol. The maximum Gasteiger partial charge on any atom is 0.260 e. The standard InChI is InChI=1S/C17H18FN3O3S/c1-13(14-6-4-3-5-7-14)19-20-17(22)12-21(25(2,23)24)16-10-8-15(18)9-11-16/h3-11H,12H2,1-2H3,(H,20,22)/b19-13-. The third-order valence-electron chi connectivity index (χ3n) is 3.34. The van der Waals surface area contributed by atoms with E-state index in [1.54, 1.807) is 6.92 Å². The highest BCUT2D eigenvalue weighted by molar-refractivity contribution is 7.92. The summed E-state index contributed by atoms with van der Waals surface area (Å²) in [5, 5.41) is 3.97. The molecule has 0 radical (unpaired) electrons. The Labute approximate surface area is 146 Å². The molecular weight excluding hydrogens is 345 g/mol. The van der Waals surface area contributed by atoms with Crippen LogP contribution in [0.15, 0.2) is 59.7 Å². The summed E-state index contributed by atoms with van der Waals surface area (Å²) in [5.74, 6) is -1.10. The lowest BCUT2D eigenvalue weighted by Crippen LogP contribution is -2.39. The molecule has 0 fully saturated rings. The summed E-state index contributed by atoms with van der Waals surface area (Å²) in [5.41, 5.74) is 3.95. The summed E-state index contributed by atoms with van der Waals surface area (Å²) in [4.78, 5) is 12.1. The largest absolute Gasteiger partial charge is 0.271 e. The van der Waals surface area contributed by atoms with Gasteiger partial charge in [0.25, 0.3) is 5.91 Å². The number of benzene rings is 2. The van der Waals surface area contributed by atoms with Gasteiger partial charge in [0, 0.05) is 0 Å². The normalized spacial score (nSPS) is 11.9. The molecule has 25 heavy (non-hydrogen) atoms. The number of hydrazone groups is 1. The minimum atomic E-state index is -3.72. The maximum atomic E-state index is 13.0. The number of hydrogen-bond acceptors (Lipinski definition) is 4. The van der Waals surface area contributed by atoms with Gasteiger partial charge >= 0.3 is 0 Å². The van der Waals surface area contributed by atoms with Crippen LogP contribution in [0.2, 0.25) is 0 Å². The van der Waals surface area contributed by atoms with Gasteiger partial charge in [0.1, 0.15) is 12.4 Å². The van der Waals surface area contributed by atoms with E-state index >= 15 is 0 Å². The summed E-state index contributed by atoms with van der Waals surface area (Å²) in [7, 11) is -3.72. The fourth-order valence-electron chi connectivity index (χ4n) is 2.06. The van der Waals surface area contributed by atoms with E-state index in [0.29, 0.717) is 5.71 Å². The molecule has 0 bridgehead atoms. The number of amides is 1. The Hall–Kier alpha value is -2.74. The lowest BCUT2D eigenvalue weighted by atomic mass is 10.1. The van der Waals surface area contributed by atoms with E-state index < -0.39 is 28.3 Å². The molecule has 2 aromatic rings. The molecule has 132 valence electrons. The van der Waals surface area contributed by atoms with Crippen LogP contribution < -0.4 is 9.73 Å². The Morgan fingerprint density at radius 1 is 1.12 bits per heavy atom. The van der Waals surface area contributed by atoms with E-state index in [9.17, 15) is 17.6 Å². The Balaban J connectivity index is 2.11. The zero-order valence-corrected chi connectivity index (χ0v) is 14.6. The first kappa shape index (κ1) is 18.6. The number of halogens is 1. The minimum absolute atomic E-state index is 0.197. The topological polar surface area (TPSA) is 78.8 Å². The van der Waals surface area contributed by atoms with Crippen molar-refractivity contribution in [3.05, 3.63) is 66.0 Å². The maximum absolute atomic E-state index is 13.0. The second-order valence-electron chi connectivity index (χ2n) is 5.34. The molecule has 0 aliphatic heterocycles. The highest BCUT2D eigenvalue weighted by atomic mass is 32.2. The molecule has 2 aromatic carbocycles. The third-order valence-corrected chi connectivity index (χ3v) is 4.48.